The molecule has 2 aromatic carbocycles. The number of Topliss-reactive ketones (excluding diaryl/α,β-unsaturated/α-hetero) is 1. The van der Waals surface area contributed by atoms with Gasteiger partial charge in [-0.25, -0.2) is 0 Å². The van der Waals surface area contributed by atoms with Gasteiger partial charge in [0.2, 0.25) is 5.78 Å². The maximum atomic E-state index is 12.8. The Bertz CT molecular complexity index is 984. The van der Waals surface area contributed by atoms with E-state index in [2.05, 4.69) is 19.9 Å². The number of carbonyl (C=O) groups excluding carboxylic acids is 1. The molecule has 5 heteroatoms. The van der Waals surface area contributed by atoms with Crippen molar-refractivity contribution in [2.24, 2.45) is 0 Å². The van der Waals surface area contributed by atoms with Crippen molar-refractivity contribution < 1.29 is 24.9 Å². The standard InChI is InChI=1S/C25H28O5/c1-15(2)8-7-9-16(3)12-13-18-19(26)14-20-21(22(18)27)23(28)24(29)25(30-20)17-10-5-4-6-11-17/h4-6,8,10-12,14,24-27,29H,7,9,13H2,1-3H3. The Labute approximate surface area is 177 Å². The summed E-state index contributed by atoms with van der Waals surface area (Å²) in [6, 6.07) is 10.3. The summed E-state index contributed by atoms with van der Waals surface area (Å²) in [5, 5.41) is 31.7. The number of fused-ring (bicyclic) bond motifs is 1. The van der Waals surface area contributed by atoms with E-state index in [1.165, 1.54) is 11.6 Å². The maximum absolute atomic E-state index is 12.8. The van der Waals surface area contributed by atoms with Crippen molar-refractivity contribution in [3.63, 3.8) is 0 Å². The highest BCUT2D eigenvalue weighted by molar-refractivity contribution is 6.06. The fourth-order valence-corrected chi connectivity index (χ4v) is 3.55. The third-order valence-corrected chi connectivity index (χ3v) is 5.28. The highest BCUT2D eigenvalue weighted by Crippen LogP contribution is 2.44. The molecule has 2 unspecified atom stereocenters. The van der Waals surface area contributed by atoms with E-state index in [1.807, 2.05) is 19.1 Å². The van der Waals surface area contributed by atoms with Crippen molar-refractivity contribution >= 4 is 5.78 Å². The van der Waals surface area contributed by atoms with Gasteiger partial charge >= 0.3 is 0 Å². The Morgan fingerprint density at radius 2 is 1.80 bits per heavy atom. The summed E-state index contributed by atoms with van der Waals surface area (Å²) in [7, 11) is 0. The molecule has 0 aliphatic carbocycles. The molecular formula is C25H28O5. The summed E-state index contributed by atoms with van der Waals surface area (Å²) in [6.07, 6.45) is 3.82. The lowest BCUT2D eigenvalue weighted by Gasteiger charge is -2.30. The Morgan fingerprint density at radius 1 is 1.10 bits per heavy atom. The van der Waals surface area contributed by atoms with E-state index >= 15 is 0 Å². The fourth-order valence-electron chi connectivity index (χ4n) is 3.55. The number of carbonyl (C=O) groups is 1. The summed E-state index contributed by atoms with van der Waals surface area (Å²) >= 11 is 0. The van der Waals surface area contributed by atoms with Gasteiger partial charge in [0.25, 0.3) is 0 Å². The zero-order valence-electron chi connectivity index (χ0n) is 17.6. The van der Waals surface area contributed by atoms with Gasteiger partial charge in [0.15, 0.2) is 12.2 Å². The topological polar surface area (TPSA) is 87.0 Å². The Morgan fingerprint density at radius 3 is 2.47 bits per heavy atom. The highest BCUT2D eigenvalue weighted by Gasteiger charge is 2.39. The number of aliphatic hydroxyl groups excluding tert-OH is 1. The largest absolute Gasteiger partial charge is 0.507 e. The molecule has 3 N–H and O–H groups in total. The lowest BCUT2D eigenvalue weighted by molar-refractivity contribution is 0.0210. The first kappa shape index (κ1) is 21.7. The van der Waals surface area contributed by atoms with E-state index in [1.54, 1.807) is 24.3 Å². The molecule has 0 saturated heterocycles. The van der Waals surface area contributed by atoms with Crippen molar-refractivity contribution in [2.45, 2.75) is 52.2 Å². The summed E-state index contributed by atoms with van der Waals surface area (Å²) in [6.45, 7) is 6.10. The summed E-state index contributed by atoms with van der Waals surface area (Å²) in [4.78, 5) is 12.8. The van der Waals surface area contributed by atoms with Gasteiger partial charge in [0, 0.05) is 11.6 Å². The number of ketones is 1. The highest BCUT2D eigenvalue weighted by atomic mass is 16.5. The molecule has 0 aromatic heterocycles. The zero-order valence-corrected chi connectivity index (χ0v) is 17.6. The van der Waals surface area contributed by atoms with Gasteiger partial charge in [-0.3, -0.25) is 4.79 Å². The molecule has 0 spiro atoms. The van der Waals surface area contributed by atoms with Crippen molar-refractivity contribution in [1.82, 2.24) is 0 Å². The van der Waals surface area contributed by atoms with Gasteiger partial charge in [0.1, 0.15) is 22.8 Å². The van der Waals surface area contributed by atoms with E-state index in [4.69, 9.17) is 4.74 Å². The van der Waals surface area contributed by atoms with Gasteiger partial charge in [-0.1, -0.05) is 53.6 Å². The minimum atomic E-state index is -1.44. The van der Waals surface area contributed by atoms with Crippen LogP contribution in [0.2, 0.25) is 0 Å². The molecule has 30 heavy (non-hydrogen) atoms. The van der Waals surface area contributed by atoms with Crippen LogP contribution in [0.25, 0.3) is 0 Å². The van der Waals surface area contributed by atoms with Gasteiger partial charge in [0.05, 0.1) is 0 Å². The van der Waals surface area contributed by atoms with E-state index in [0.29, 0.717) is 5.56 Å². The number of ether oxygens (including phenoxy) is 1. The molecule has 3 rings (SSSR count). The van der Waals surface area contributed by atoms with Crippen LogP contribution < -0.4 is 4.74 Å². The third-order valence-electron chi connectivity index (χ3n) is 5.28. The van der Waals surface area contributed by atoms with Crippen LogP contribution in [0.15, 0.2) is 59.7 Å². The smallest absolute Gasteiger partial charge is 0.202 e. The van der Waals surface area contributed by atoms with Crippen LogP contribution in [0.4, 0.5) is 0 Å². The Kier molecular flexibility index (Phi) is 6.63. The second kappa shape index (κ2) is 9.18. The number of aliphatic hydroxyl groups is 1. The van der Waals surface area contributed by atoms with E-state index in [-0.39, 0.29) is 34.8 Å². The summed E-state index contributed by atoms with van der Waals surface area (Å²) < 4.78 is 5.81. The molecule has 2 atom stereocenters. The average molecular weight is 408 g/mol. The number of aromatic hydroxyl groups is 2. The first-order chi connectivity index (χ1) is 14.3. The first-order valence-corrected chi connectivity index (χ1v) is 10.1. The monoisotopic (exact) mass is 408 g/mol. The minimum Gasteiger partial charge on any atom is -0.507 e. The number of allylic oxidation sites excluding steroid dienone is 4. The molecular weight excluding hydrogens is 380 g/mol. The number of hydrogen-bond donors (Lipinski definition) is 3. The van der Waals surface area contributed by atoms with E-state index < -0.39 is 18.0 Å². The second-order valence-electron chi connectivity index (χ2n) is 7.93. The number of benzene rings is 2. The quantitative estimate of drug-likeness (QED) is 0.585. The fraction of sp³-hybridized carbons (Fsp3) is 0.320. The Hall–Kier alpha value is -3.05. The molecule has 0 amide bonds. The van der Waals surface area contributed by atoms with Crippen molar-refractivity contribution in [2.75, 3.05) is 0 Å². The maximum Gasteiger partial charge on any atom is 0.202 e. The third kappa shape index (κ3) is 4.57. The molecule has 0 bridgehead atoms. The van der Waals surface area contributed by atoms with Crippen molar-refractivity contribution in [3.8, 4) is 17.2 Å². The molecule has 1 aliphatic rings. The van der Waals surface area contributed by atoms with Gasteiger partial charge in [-0.05, 0) is 45.6 Å². The van der Waals surface area contributed by atoms with Crippen LogP contribution >= 0.6 is 0 Å². The molecule has 1 aliphatic heterocycles. The van der Waals surface area contributed by atoms with Crippen LogP contribution in [-0.2, 0) is 6.42 Å². The SMILES string of the molecule is CC(C)=CCCC(C)=CCc1c(O)cc2c(c1O)C(=O)C(O)C(c1ccccc1)O2. The van der Waals surface area contributed by atoms with Crippen LogP contribution in [0.5, 0.6) is 17.2 Å². The minimum absolute atomic E-state index is 0.0714. The molecule has 5 nitrogen and oxygen atoms in total. The lowest BCUT2D eigenvalue weighted by atomic mass is 9.90. The molecule has 158 valence electrons. The van der Waals surface area contributed by atoms with E-state index in [9.17, 15) is 20.1 Å². The van der Waals surface area contributed by atoms with Crippen LogP contribution in [-0.4, -0.2) is 27.2 Å². The van der Waals surface area contributed by atoms with Crippen molar-refractivity contribution in [1.29, 1.82) is 0 Å². The van der Waals surface area contributed by atoms with Gasteiger partial charge < -0.3 is 20.1 Å². The molecule has 0 fully saturated rings. The summed E-state index contributed by atoms with van der Waals surface area (Å²) in [5.41, 5.74) is 3.19. The Balaban J connectivity index is 1.87. The van der Waals surface area contributed by atoms with Gasteiger partial charge in [-0.2, -0.15) is 0 Å². The second-order valence-corrected chi connectivity index (χ2v) is 7.93. The van der Waals surface area contributed by atoms with Crippen LogP contribution in [0, 0.1) is 0 Å². The number of phenols is 2. The molecule has 2 aromatic rings. The normalized spacial score (nSPS) is 18.5. The lowest BCUT2D eigenvalue weighted by Crippen LogP contribution is -2.36. The van der Waals surface area contributed by atoms with Gasteiger partial charge in [-0.15, -0.1) is 0 Å². The number of phenolic OH excluding ortho intramolecular Hbond substituents is 2. The summed E-state index contributed by atoms with van der Waals surface area (Å²) in [5.74, 6) is -1.03. The molecule has 0 radical (unpaired) electrons. The average Bonchev–Trinajstić information content (AvgIpc) is 2.70. The molecule has 0 saturated carbocycles. The molecule has 1 heterocycles. The van der Waals surface area contributed by atoms with Crippen LogP contribution in [0.3, 0.4) is 0 Å². The first-order valence-electron chi connectivity index (χ1n) is 10.1. The predicted octanol–water partition coefficient (Wildman–Crippen LogP) is 5.01. The zero-order chi connectivity index (χ0) is 21.8. The van der Waals surface area contributed by atoms with E-state index in [0.717, 1.165) is 18.4 Å². The van der Waals surface area contributed by atoms with Crippen LogP contribution in [0.1, 0.15) is 61.2 Å². The predicted molar refractivity (Wildman–Crippen MR) is 116 cm³/mol. The number of hydrogen-bond acceptors (Lipinski definition) is 5. The van der Waals surface area contributed by atoms with Crippen molar-refractivity contribution in [3.05, 3.63) is 76.4 Å². The number of rotatable bonds is 6.